The predicted molar refractivity (Wildman–Crippen MR) is 82.8 cm³/mol. The molecule has 1 fully saturated rings. The summed E-state index contributed by atoms with van der Waals surface area (Å²) in [5.41, 5.74) is 7.59. The number of aliphatic carboxylic acids is 1. The monoisotopic (exact) mass is 298 g/mol. The van der Waals surface area contributed by atoms with Gasteiger partial charge in [-0.25, -0.2) is 9.78 Å². The second kappa shape index (κ2) is 5.73. The van der Waals surface area contributed by atoms with Crippen LogP contribution in [-0.4, -0.2) is 26.3 Å². The maximum atomic E-state index is 10.6. The number of H-pyrrole nitrogens is 1. The van der Waals surface area contributed by atoms with Crippen molar-refractivity contribution in [3.05, 3.63) is 41.7 Å². The minimum atomic E-state index is -0.975. The third-order valence-electron chi connectivity index (χ3n) is 4.02. The molecule has 1 saturated carbocycles. The first-order valence-corrected chi connectivity index (χ1v) is 7.30. The number of benzene rings is 1. The molecular weight excluding hydrogens is 280 g/mol. The number of nitrogens with one attached hydrogen (secondary N) is 1. The molecule has 22 heavy (non-hydrogen) atoms. The van der Waals surface area contributed by atoms with E-state index >= 15 is 0 Å². The van der Waals surface area contributed by atoms with Crippen molar-refractivity contribution < 1.29 is 9.90 Å². The Labute approximate surface area is 128 Å². The van der Waals surface area contributed by atoms with Crippen molar-refractivity contribution in [2.45, 2.75) is 31.2 Å². The molecular formula is C16H18N4O2. The van der Waals surface area contributed by atoms with Crippen LogP contribution in [0.25, 0.3) is 17.5 Å². The zero-order valence-electron chi connectivity index (χ0n) is 12.1. The van der Waals surface area contributed by atoms with E-state index in [1.165, 1.54) is 0 Å². The molecule has 0 amide bonds. The van der Waals surface area contributed by atoms with E-state index in [0.717, 1.165) is 48.7 Å². The van der Waals surface area contributed by atoms with Gasteiger partial charge in [-0.05, 0) is 30.5 Å². The van der Waals surface area contributed by atoms with Gasteiger partial charge in [0.25, 0.3) is 0 Å². The Bertz CT molecular complexity index is 714. The van der Waals surface area contributed by atoms with Gasteiger partial charge in [0, 0.05) is 11.6 Å². The summed E-state index contributed by atoms with van der Waals surface area (Å²) in [4.78, 5) is 15.1. The highest BCUT2D eigenvalue weighted by molar-refractivity contribution is 5.85. The number of carboxylic acids is 1. The number of rotatable bonds is 4. The van der Waals surface area contributed by atoms with Crippen LogP contribution in [0.1, 0.15) is 37.1 Å². The van der Waals surface area contributed by atoms with Crippen LogP contribution in [0.4, 0.5) is 0 Å². The van der Waals surface area contributed by atoms with E-state index < -0.39 is 11.5 Å². The molecule has 0 radical (unpaired) electrons. The SMILES string of the molecule is NC1(c2nc(-c3cccc(/C=C/C(=O)O)c3)n[nH]2)CCCC1. The number of aromatic nitrogens is 3. The fraction of sp³-hybridized carbons (Fsp3) is 0.312. The van der Waals surface area contributed by atoms with Crippen LogP contribution in [0.2, 0.25) is 0 Å². The molecule has 114 valence electrons. The lowest BCUT2D eigenvalue weighted by Gasteiger charge is -2.19. The standard InChI is InChI=1S/C16H18N4O2/c17-16(8-1-2-9-16)15-18-14(19-20-15)12-5-3-4-11(10-12)6-7-13(21)22/h3-7,10H,1-2,8-9,17H2,(H,21,22)(H,18,19,20)/b7-6+. The van der Waals surface area contributed by atoms with Crippen molar-refractivity contribution in [3.8, 4) is 11.4 Å². The Kier molecular flexibility index (Phi) is 3.77. The minimum absolute atomic E-state index is 0.397. The lowest BCUT2D eigenvalue weighted by Crippen LogP contribution is -2.34. The van der Waals surface area contributed by atoms with Gasteiger partial charge in [0.2, 0.25) is 0 Å². The second-order valence-electron chi connectivity index (χ2n) is 5.67. The van der Waals surface area contributed by atoms with Gasteiger partial charge in [-0.15, -0.1) is 0 Å². The third-order valence-corrected chi connectivity index (χ3v) is 4.02. The van der Waals surface area contributed by atoms with Crippen molar-refractivity contribution in [2.75, 3.05) is 0 Å². The van der Waals surface area contributed by atoms with Crippen molar-refractivity contribution in [2.24, 2.45) is 5.73 Å². The second-order valence-corrected chi connectivity index (χ2v) is 5.67. The molecule has 0 atom stereocenters. The molecule has 0 unspecified atom stereocenters. The van der Waals surface area contributed by atoms with E-state index in [-0.39, 0.29) is 0 Å². The summed E-state index contributed by atoms with van der Waals surface area (Å²) in [7, 11) is 0. The maximum absolute atomic E-state index is 10.6. The Morgan fingerprint density at radius 3 is 2.86 bits per heavy atom. The van der Waals surface area contributed by atoms with Crippen molar-refractivity contribution in [1.29, 1.82) is 0 Å². The van der Waals surface area contributed by atoms with Gasteiger partial charge in [0.05, 0.1) is 5.54 Å². The molecule has 0 saturated heterocycles. The van der Waals surface area contributed by atoms with Crippen LogP contribution in [0, 0.1) is 0 Å². The molecule has 0 aliphatic heterocycles. The largest absolute Gasteiger partial charge is 0.478 e. The summed E-state index contributed by atoms with van der Waals surface area (Å²) in [6.07, 6.45) is 6.72. The summed E-state index contributed by atoms with van der Waals surface area (Å²) in [5, 5.41) is 15.9. The first kappa shape index (κ1) is 14.5. The summed E-state index contributed by atoms with van der Waals surface area (Å²) in [5.74, 6) is 0.334. The lowest BCUT2D eigenvalue weighted by molar-refractivity contribution is -0.131. The number of carboxylic acid groups (broad SMARTS) is 1. The molecule has 0 spiro atoms. The van der Waals surface area contributed by atoms with Gasteiger partial charge in [-0.1, -0.05) is 31.0 Å². The highest BCUT2D eigenvalue weighted by atomic mass is 16.4. The molecule has 6 nitrogen and oxygen atoms in total. The summed E-state index contributed by atoms with van der Waals surface area (Å²) in [6, 6.07) is 7.42. The molecule has 1 aliphatic carbocycles. The lowest BCUT2D eigenvalue weighted by atomic mass is 9.98. The van der Waals surface area contributed by atoms with E-state index in [1.807, 2.05) is 24.3 Å². The molecule has 1 aliphatic rings. The van der Waals surface area contributed by atoms with Crippen molar-refractivity contribution in [1.82, 2.24) is 15.2 Å². The Morgan fingerprint density at radius 1 is 1.36 bits per heavy atom. The molecule has 3 rings (SSSR count). The number of nitrogens with two attached hydrogens (primary N) is 1. The van der Waals surface area contributed by atoms with Crippen LogP contribution < -0.4 is 5.73 Å². The van der Waals surface area contributed by atoms with Gasteiger partial charge >= 0.3 is 5.97 Å². The van der Waals surface area contributed by atoms with Crippen LogP contribution >= 0.6 is 0 Å². The molecule has 1 aromatic heterocycles. The van der Waals surface area contributed by atoms with Crippen LogP contribution in [0.15, 0.2) is 30.3 Å². The molecule has 4 N–H and O–H groups in total. The van der Waals surface area contributed by atoms with Crippen LogP contribution in [0.3, 0.4) is 0 Å². The third kappa shape index (κ3) is 2.92. The molecule has 2 aromatic rings. The van der Waals surface area contributed by atoms with Gasteiger partial charge in [0.1, 0.15) is 5.82 Å². The summed E-state index contributed by atoms with van der Waals surface area (Å²) < 4.78 is 0. The van der Waals surface area contributed by atoms with Gasteiger partial charge in [0.15, 0.2) is 5.82 Å². The zero-order chi connectivity index (χ0) is 15.6. The number of nitrogens with zero attached hydrogens (tertiary/aromatic N) is 2. The van der Waals surface area contributed by atoms with Crippen LogP contribution in [-0.2, 0) is 10.3 Å². The topological polar surface area (TPSA) is 105 Å². The summed E-state index contributed by atoms with van der Waals surface area (Å²) >= 11 is 0. The normalized spacial score (nSPS) is 17.1. The van der Waals surface area contributed by atoms with Crippen molar-refractivity contribution in [3.63, 3.8) is 0 Å². The van der Waals surface area contributed by atoms with E-state index in [9.17, 15) is 4.79 Å². The van der Waals surface area contributed by atoms with E-state index in [4.69, 9.17) is 10.8 Å². The Hall–Kier alpha value is -2.47. The average Bonchev–Trinajstić information content (AvgIpc) is 3.15. The number of carbonyl (C=O) groups is 1. The van der Waals surface area contributed by atoms with E-state index in [1.54, 1.807) is 6.08 Å². The number of hydrogen-bond donors (Lipinski definition) is 3. The average molecular weight is 298 g/mol. The smallest absolute Gasteiger partial charge is 0.328 e. The van der Waals surface area contributed by atoms with Gasteiger partial charge in [-0.3, -0.25) is 5.10 Å². The minimum Gasteiger partial charge on any atom is -0.478 e. The Morgan fingerprint density at radius 2 is 2.14 bits per heavy atom. The molecule has 1 aromatic carbocycles. The molecule has 6 heteroatoms. The first-order valence-electron chi connectivity index (χ1n) is 7.30. The fourth-order valence-corrected chi connectivity index (χ4v) is 2.81. The van der Waals surface area contributed by atoms with Crippen molar-refractivity contribution >= 4 is 12.0 Å². The number of aromatic amines is 1. The summed E-state index contributed by atoms with van der Waals surface area (Å²) in [6.45, 7) is 0. The number of hydrogen-bond acceptors (Lipinski definition) is 4. The zero-order valence-corrected chi connectivity index (χ0v) is 12.1. The van der Waals surface area contributed by atoms with Gasteiger partial charge < -0.3 is 10.8 Å². The predicted octanol–water partition coefficient (Wildman–Crippen LogP) is 2.30. The quantitative estimate of drug-likeness (QED) is 0.751. The van der Waals surface area contributed by atoms with E-state index in [0.29, 0.717) is 5.82 Å². The fourth-order valence-electron chi connectivity index (χ4n) is 2.81. The van der Waals surface area contributed by atoms with Gasteiger partial charge in [-0.2, -0.15) is 5.10 Å². The highest BCUT2D eigenvalue weighted by Crippen LogP contribution is 2.34. The molecule has 1 heterocycles. The Balaban J connectivity index is 1.87. The highest BCUT2D eigenvalue weighted by Gasteiger charge is 2.34. The molecule has 0 bridgehead atoms. The maximum Gasteiger partial charge on any atom is 0.328 e. The van der Waals surface area contributed by atoms with E-state index in [2.05, 4.69) is 15.2 Å². The van der Waals surface area contributed by atoms with Crippen LogP contribution in [0.5, 0.6) is 0 Å². The first-order chi connectivity index (χ1) is 10.6.